The fourth-order valence-corrected chi connectivity index (χ4v) is 3.49. The van der Waals surface area contributed by atoms with E-state index in [4.69, 9.17) is 11.6 Å². The number of hydrogen-bond acceptors (Lipinski definition) is 3. The lowest BCUT2D eigenvalue weighted by Gasteiger charge is -2.29. The van der Waals surface area contributed by atoms with Crippen LogP contribution in [0, 0.1) is 0 Å². The normalized spacial score (nSPS) is 17.9. The van der Waals surface area contributed by atoms with E-state index < -0.39 is 10.0 Å². The molecule has 1 aromatic carbocycles. The zero-order valence-corrected chi connectivity index (χ0v) is 13.0. The molecule has 6 heteroatoms. The number of rotatable bonds is 4. The number of halogens is 1. The van der Waals surface area contributed by atoms with Crippen molar-refractivity contribution in [2.24, 2.45) is 0 Å². The van der Waals surface area contributed by atoms with E-state index in [9.17, 15) is 8.42 Å². The largest absolute Gasteiger partial charge is 0.317 e. The molecule has 0 aliphatic carbocycles. The van der Waals surface area contributed by atoms with E-state index in [2.05, 4.69) is 5.32 Å². The Labute approximate surface area is 125 Å². The Bertz CT molecular complexity index is 563. The van der Waals surface area contributed by atoms with Crippen molar-refractivity contribution in [1.82, 2.24) is 9.62 Å². The van der Waals surface area contributed by atoms with Crippen LogP contribution in [0.15, 0.2) is 29.7 Å². The molecule has 1 N–H and O–H groups in total. The minimum absolute atomic E-state index is 0.0797. The first kappa shape index (κ1) is 15.5. The summed E-state index contributed by atoms with van der Waals surface area (Å²) in [5.41, 5.74) is 0.816. The molecule has 0 amide bonds. The molecular formula is C14H19ClN2O2S. The van der Waals surface area contributed by atoms with Gasteiger partial charge in [-0.3, -0.25) is 0 Å². The van der Waals surface area contributed by atoms with Gasteiger partial charge in [-0.1, -0.05) is 23.7 Å². The molecule has 0 radical (unpaired) electrons. The fraction of sp³-hybridized carbons (Fsp3) is 0.429. The molecule has 20 heavy (non-hydrogen) atoms. The Kier molecular flexibility index (Phi) is 5.21. The van der Waals surface area contributed by atoms with Crippen molar-refractivity contribution in [2.45, 2.75) is 18.9 Å². The van der Waals surface area contributed by atoms with Crippen molar-refractivity contribution in [2.75, 3.05) is 20.1 Å². The first-order valence-electron chi connectivity index (χ1n) is 6.61. The molecule has 1 saturated heterocycles. The Morgan fingerprint density at radius 3 is 2.45 bits per heavy atom. The lowest BCUT2D eigenvalue weighted by molar-refractivity contribution is 0.299. The van der Waals surface area contributed by atoms with Crippen molar-refractivity contribution >= 4 is 27.7 Å². The first-order chi connectivity index (χ1) is 9.49. The van der Waals surface area contributed by atoms with E-state index in [0.29, 0.717) is 5.02 Å². The zero-order chi connectivity index (χ0) is 14.6. The average molecular weight is 315 g/mol. The molecule has 110 valence electrons. The Hall–Kier alpha value is -0.880. The Morgan fingerprint density at radius 2 is 1.85 bits per heavy atom. The van der Waals surface area contributed by atoms with Crippen LogP contribution in [0.5, 0.6) is 0 Å². The number of benzene rings is 1. The summed E-state index contributed by atoms with van der Waals surface area (Å²) in [7, 11) is -1.73. The van der Waals surface area contributed by atoms with Gasteiger partial charge in [-0.05, 0) is 49.7 Å². The molecule has 1 aromatic rings. The van der Waals surface area contributed by atoms with Gasteiger partial charge in [0.2, 0.25) is 10.0 Å². The van der Waals surface area contributed by atoms with Gasteiger partial charge in [-0.2, -0.15) is 4.31 Å². The molecule has 0 saturated carbocycles. The molecule has 1 aliphatic heterocycles. The molecule has 1 heterocycles. The van der Waals surface area contributed by atoms with Crippen molar-refractivity contribution in [3.63, 3.8) is 0 Å². The van der Waals surface area contributed by atoms with Gasteiger partial charge < -0.3 is 5.32 Å². The third-order valence-electron chi connectivity index (χ3n) is 3.53. The van der Waals surface area contributed by atoms with E-state index in [0.717, 1.165) is 31.5 Å². The predicted molar refractivity (Wildman–Crippen MR) is 83.1 cm³/mol. The minimum Gasteiger partial charge on any atom is -0.317 e. The third kappa shape index (κ3) is 4.06. The fourth-order valence-electron chi connectivity index (χ4n) is 2.21. The highest BCUT2D eigenvalue weighted by Crippen LogP contribution is 2.16. The number of hydrogen-bond donors (Lipinski definition) is 1. The summed E-state index contributed by atoms with van der Waals surface area (Å²) in [5.74, 6) is 0. The van der Waals surface area contributed by atoms with Crippen LogP contribution < -0.4 is 5.32 Å². The van der Waals surface area contributed by atoms with Gasteiger partial charge in [0.1, 0.15) is 0 Å². The van der Waals surface area contributed by atoms with Crippen molar-refractivity contribution in [1.29, 1.82) is 0 Å². The Morgan fingerprint density at radius 1 is 1.25 bits per heavy atom. The van der Waals surface area contributed by atoms with Gasteiger partial charge in [-0.25, -0.2) is 8.42 Å². The number of sulfonamides is 1. The molecule has 0 bridgehead atoms. The van der Waals surface area contributed by atoms with Crippen LogP contribution in [0.3, 0.4) is 0 Å². The van der Waals surface area contributed by atoms with Gasteiger partial charge in [0.15, 0.2) is 0 Å². The quantitative estimate of drug-likeness (QED) is 0.928. The topological polar surface area (TPSA) is 49.4 Å². The van der Waals surface area contributed by atoms with Gasteiger partial charge >= 0.3 is 0 Å². The van der Waals surface area contributed by atoms with Crippen LogP contribution in [-0.4, -0.2) is 38.9 Å². The second-order valence-electron chi connectivity index (χ2n) is 4.90. The van der Waals surface area contributed by atoms with Gasteiger partial charge in [0, 0.05) is 23.5 Å². The van der Waals surface area contributed by atoms with Crippen LogP contribution in [0.1, 0.15) is 18.4 Å². The van der Waals surface area contributed by atoms with Crippen molar-refractivity contribution in [3.8, 4) is 0 Å². The molecule has 1 fully saturated rings. The Balaban J connectivity index is 2.07. The standard InChI is InChI=1S/C14H19ClN2O2S/c1-17(14-6-9-16-10-7-14)20(18,19)11-8-12-2-4-13(15)5-3-12/h2-5,8,11,14,16H,6-7,9-10H2,1H3/b11-8+. The summed E-state index contributed by atoms with van der Waals surface area (Å²) in [5, 5.41) is 5.13. The van der Waals surface area contributed by atoms with Crippen LogP contribution in [0.2, 0.25) is 5.02 Å². The zero-order valence-electron chi connectivity index (χ0n) is 11.4. The molecular weight excluding hydrogens is 296 g/mol. The first-order valence-corrected chi connectivity index (χ1v) is 8.49. The smallest absolute Gasteiger partial charge is 0.236 e. The lowest BCUT2D eigenvalue weighted by Crippen LogP contribution is -2.43. The van der Waals surface area contributed by atoms with Crippen LogP contribution in [0.4, 0.5) is 0 Å². The summed E-state index contributed by atoms with van der Waals surface area (Å²) < 4.78 is 26.0. The van der Waals surface area contributed by atoms with Crippen LogP contribution in [-0.2, 0) is 10.0 Å². The van der Waals surface area contributed by atoms with Crippen molar-refractivity contribution in [3.05, 3.63) is 40.3 Å². The molecule has 2 rings (SSSR count). The van der Waals surface area contributed by atoms with E-state index in [1.807, 2.05) is 0 Å². The molecule has 4 nitrogen and oxygen atoms in total. The SMILES string of the molecule is CN(C1CCNCC1)S(=O)(=O)/C=C/c1ccc(Cl)cc1. The number of nitrogens with zero attached hydrogens (tertiary/aromatic N) is 1. The van der Waals surface area contributed by atoms with Gasteiger partial charge in [-0.15, -0.1) is 0 Å². The van der Waals surface area contributed by atoms with Crippen LogP contribution in [0.25, 0.3) is 6.08 Å². The average Bonchev–Trinajstić information content (AvgIpc) is 2.47. The molecule has 1 aliphatic rings. The molecule has 0 aromatic heterocycles. The van der Waals surface area contributed by atoms with Crippen LogP contribution >= 0.6 is 11.6 Å². The highest BCUT2D eigenvalue weighted by atomic mass is 35.5. The van der Waals surface area contributed by atoms with E-state index in [-0.39, 0.29) is 6.04 Å². The highest BCUT2D eigenvalue weighted by Gasteiger charge is 2.25. The number of nitrogens with one attached hydrogen (secondary N) is 1. The minimum atomic E-state index is -3.38. The van der Waals surface area contributed by atoms with E-state index in [1.165, 1.54) is 9.71 Å². The highest BCUT2D eigenvalue weighted by molar-refractivity contribution is 7.92. The maximum absolute atomic E-state index is 12.3. The van der Waals surface area contributed by atoms with E-state index in [1.54, 1.807) is 37.4 Å². The molecule has 0 spiro atoms. The summed E-state index contributed by atoms with van der Waals surface area (Å²) in [6.07, 6.45) is 3.30. The molecule has 0 unspecified atom stereocenters. The maximum Gasteiger partial charge on any atom is 0.236 e. The van der Waals surface area contributed by atoms with Crippen molar-refractivity contribution < 1.29 is 8.42 Å². The molecule has 0 atom stereocenters. The lowest BCUT2D eigenvalue weighted by atomic mass is 10.1. The van der Waals surface area contributed by atoms with Gasteiger partial charge in [0.25, 0.3) is 0 Å². The summed E-state index contributed by atoms with van der Waals surface area (Å²) in [6, 6.07) is 7.14. The maximum atomic E-state index is 12.3. The monoisotopic (exact) mass is 314 g/mol. The summed E-state index contributed by atoms with van der Waals surface area (Å²) >= 11 is 5.80. The second kappa shape index (κ2) is 6.72. The van der Waals surface area contributed by atoms with Gasteiger partial charge in [0.05, 0.1) is 0 Å². The summed E-state index contributed by atoms with van der Waals surface area (Å²) in [6.45, 7) is 1.73. The second-order valence-corrected chi connectivity index (χ2v) is 7.21. The third-order valence-corrected chi connectivity index (χ3v) is 5.36. The predicted octanol–water partition coefficient (Wildman–Crippen LogP) is 2.32. The number of piperidine rings is 1. The summed E-state index contributed by atoms with van der Waals surface area (Å²) in [4.78, 5) is 0. The van der Waals surface area contributed by atoms with E-state index >= 15 is 0 Å².